The van der Waals surface area contributed by atoms with Crippen LogP contribution in [-0.2, 0) is 4.57 Å². The highest BCUT2D eigenvalue weighted by molar-refractivity contribution is 7.85. The summed E-state index contributed by atoms with van der Waals surface area (Å²) in [4.78, 5) is 16.9. The zero-order valence-electron chi connectivity index (χ0n) is 17.8. The van der Waals surface area contributed by atoms with Gasteiger partial charge in [-0.15, -0.1) is 0 Å². The molecule has 4 nitrogen and oxygen atoms in total. The molecule has 33 heavy (non-hydrogen) atoms. The van der Waals surface area contributed by atoms with Gasteiger partial charge in [-0.05, 0) is 29.7 Å². The highest BCUT2D eigenvalue weighted by Crippen LogP contribution is 2.45. The van der Waals surface area contributed by atoms with E-state index in [1.165, 1.54) is 0 Å². The topological polar surface area (TPSA) is 59.1 Å². The maximum atomic E-state index is 14.9. The maximum Gasteiger partial charge on any atom is 0.274 e. The third-order valence-corrected chi connectivity index (χ3v) is 8.74. The molecule has 4 aromatic carbocycles. The fourth-order valence-corrected chi connectivity index (χ4v) is 6.91. The second-order valence-corrected chi connectivity index (χ2v) is 10.4. The average molecular weight is 448 g/mol. The quantitative estimate of drug-likeness (QED) is 0.380. The molecule has 1 N–H and O–H groups in total. The van der Waals surface area contributed by atoms with E-state index in [1.54, 1.807) is 24.4 Å². The number of anilines is 1. The number of hydrogen-bond acceptors (Lipinski definition) is 3. The Morgan fingerprint density at radius 3 is 1.82 bits per heavy atom. The molecule has 0 radical (unpaired) electrons. The molecule has 5 rings (SSSR count). The van der Waals surface area contributed by atoms with Gasteiger partial charge in [-0.1, -0.05) is 91.0 Å². The summed E-state index contributed by atoms with van der Waals surface area (Å²) in [6.45, 7) is 0. The zero-order valence-corrected chi connectivity index (χ0v) is 18.7. The van der Waals surface area contributed by atoms with E-state index < -0.39 is 7.14 Å². The van der Waals surface area contributed by atoms with E-state index in [-0.39, 0.29) is 5.91 Å². The first kappa shape index (κ1) is 20.9. The molecule has 0 aliphatic heterocycles. The van der Waals surface area contributed by atoms with Gasteiger partial charge in [-0.2, -0.15) is 0 Å². The second kappa shape index (κ2) is 8.85. The van der Waals surface area contributed by atoms with Gasteiger partial charge in [0.15, 0.2) is 7.14 Å². The molecule has 0 saturated heterocycles. The Morgan fingerprint density at radius 2 is 1.21 bits per heavy atom. The number of carbonyl (C=O) groups is 1. The minimum atomic E-state index is -3.16. The molecule has 0 bridgehead atoms. The summed E-state index contributed by atoms with van der Waals surface area (Å²) in [5.74, 6) is -0.289. The Balaban J connectivity index is 1.69. The molecule has 0 saturated carbocycles. The zero-order chi connectivity index (χ0) is 22.7. The molecule has 0 spiro atoms. The van der Waals surface area contributed by atoms with Gasteiger partial charge in [0.2, 0.25) is 0 Å². The van der Waals surface area contributed by atoms with Crippen molar-refractivity contribution in [3.63, 3.8) is 0 Å². The number of hydrogen-bond donors (Lipinski definition) is 1. The first-order valence-corrected chi connectivity index (χ1v) is 12.3. The molecule has 0 aliphatic carbocycles. The van der Waals surface area contributed by atoms with Crippen molar-refractivity contribution in [2.75, 3.05) is 5.32 Å². The van der Waals surface area contributed by atoms with Crippen LogP contribution in [0.2, 0.25) is 0 Å². The third kappa shape index (κ3) is 3.86. The van der Waals surface area contributed by atoms with Crippen LogP contribution in [0.25, 0.3) is 10.8 Å². The molecule has 0 unspecified atom stereocenters. The molecule has 160 valence electrons. The second-order valence-electron chi connectivity index (χ2n) is 7.63. The van der Waals surface area contributed by atoms with E-state index >= 15 is 0 Å². The number of nitrogens with zero attached hydrogens (tertiary/aromatic N) is 1. The maximum absolute atomic E-state index is 14.9. The largest absolute Gasteiger partial charge is 0.320 e. The number of rotatable bonds is 5. The van der Waals surface area contributed by atoms with Gasteiger partial charge in [0.05, 0.1) is 0 Å². The van der Waals surface area contributed by atoms with Crippen molar-refractivity contribution in [1.29, 1.82) is 0 Å². The summed E-state index contributed by atoms with van der Waals surface area (Å²) in [7, 11) is -3.16. The molecule has 5 heteroatoms. The standard InChI is InChI=1S/C28H21N2O2P/c31-28(26-17-9-10-20-29-26)30-25-18-19-27(24-16-8-7-15-23(24)25)33(32,21-11-3-1-4-12-21)22-13-5-2-6-14-22/h1-20H,(H,30,31). The lowest BCUT2D eigenvalue weighted by Crippen LogP contribution is -2.26. The van der Waals surface area contributed by atoms with Crippen LogP contribution in [-0.4, -0.2) is 10.9 Å². The molecule has 1 amide bonds. The van der Waals surface area contributed by atoms with E-state index in [0.29, 0.717) is 11.4 Å². The fraction of sp³-hybridized carbons (Fsp3) is 0. The summed E-state index contributed by atoms with van der Waals surface area (Å²) in [6.07, 6.45) is 1.59. The Labute approximate surface area is 192 Å². The van der Waals surface area contributed by atoms with E-state index in [1.807, 2.05) is 97.1 Å². The van der Waals surface area contributed by atoms with Crippen LogP contribution in [0.4, 0.5) is 5.69 Å². The highest BCUT2D eigenvalue weighted by atomic mass is 31.2. The summed E-state index contributed by atoms with van der Waals surface area (Å²) >= 11 is 0. The summed E-state index contributed by atoms with van der Waals surface area (Å²) < 4.78 is 14.9. The van der Waals surface area contributed by atoms with Gasteiger partial charge in [0, 0.05) is 33.2 Å². The number of pyridine rings is 1. The van der Waals surface area contributed by atoms with Crippen LogP contribution in [0.5, 0.6) is 0 Å². The monoisotopic (exact) mass is 448 g/mol. The Hall–Kier alpha value is -4.01. The van der Waals surface area contributed by atoms with Crippen LogP contribution < -0.4 is 21.2 Å². The molecule has 5 aromatic rings. The van der Waals surface area contributed by atoms with Gasteiger partial charge < -0.3 is 9.88 Å². The van der Waals surface area contributed by atoms with E-state index in [4.69, 9.17) is 0 Å². The summed E-state index contributed by atoms with van der Waals surface area (Å²) in [5.41, 5.74) is 0.988. The lowest BCUT2D eigenvalue weighted by atomic mass is 10.1. The summed E-state index contributed by atoms with van der Waals surface area (Å²) in [6, 6.07) is 35.8. The van der Waals surface area contributed by atoms with E-state index in [2.05, 4.69) is 10.3 Å². The minimum Gasteiger partial charge on any atom is -0.320 e. The number of fused-ring (bicyclic) bond motifs is 1. The normalized spacial score (nSPS) is 11.3. The van der Waals surface area contributed by atoms with Crippen molar-refractivity contribution < 1.29 is 9.36 Å². The van der Waals surface area contributed by atoms with Crippen LogP contribution >= 0.6 is 7.14 Å². The predicted octanol–water partition coefficient (Wildman–Crippen LogP) is 5.13. The average Bonchev–Trinajstić information content (AvgIpc) is 2.90. The van der Waals surface area contributed by atoms with Crippen molar-refractivity contribution in [3.05, 3.63) is 127 Å². The number of amides is 1. The van der Waals surface area contributed by atoms with Crippen molar-refractivity contribution in [1.82, 2.24) is 4.98 Å². The van der Waals surface area contributed by atoms with Gasteiger partial charge >= 0.3 is 0 Å². The first-order chi connectivity index (χ1) is 16.2. The van der Waals surface area contributed by atoms with Crippen LogP contribution in [0, 0.1) is 0 Å². The van der Waals surface area contributed by atoms with Gasteiger partial charge in [-0.25, -0.2) is 0 Å². The van der Waals surface area contributed by atoms with Crippen molar-refractivity contribution in [2.45, 2.75) is 0 Å². The number of benzene rings is 4. The van der Waals surface area contributed by atoms with E-state index in [9.17, 15) is 9.36 Å². The molecule has 0 atom stereocenters. The molecular weight excluding hydrogens is 427 g/mol. The Kier molecular flexibility index (Phi) is 5.60. The van der Waals surface area contributed by atoms with Crippen LogP contribution in [0.3, 0.4) is 0 Å². The molecule has 0 fully saturated rings. The number of aromatic nitrogens is 1. The third-order valence-electron chi connectivity index (χ3n) is 5.63. The molecular formula is C28H21N2O2P. The first-order valence-electron chi connectivity index (χ1n) is 10.6. The SMILES string of the molecule is O=C(Nc1ccc(P(=O)(c2ccccc2)c2ccccc2)c2ccccc12)c1ccccn1. The van der Waals surface area contributed by atoms with Gasteiger partial charge in [-0.3, -0.25) is 9.78 Å². The molecule has 0 aliphatic rings. The fourth-order valence-electron chi connectivity index (χ4n) is 4.05. The Bertz CT molecular complexity index is 1430. The van der Waals surface area contributed by atoms with Crippen molar-refractivity contribution >= 4 is 45.4 Å². The van der Waals surface area contributed by atoms with Crippen molar-refractivity contribution in [3.8, 4) is 0 Å². The predicted molar refractivity (Wildman–Crippen MR) is 136 cm³/mol. The number of carbonyl (C=O) groups excluding carboxylic acids is 1. The van der Waals surface area contributed by atoms with Gasteiger partial charge in [0.25, 0.3) is 5.91 Å². The smallest absolute Gasteiger partial charge is 0.274 e. The summed E-state index contributed by atoms with van der Waals surface area (Å²) in [5, 5.41) is 6.92. The molecule has 1 aromatic heterocycles. The Morgan fingerprint density at radius 1 is 0.636 bits per heavy atom. The van der Waals surface area contributed by atoms with E-state index in [0.717, 1.165) is 26.7 Å². The van der Waals surface area contributed by atoms with Gasteiger partial charge in [0.1, 0.15) is 5.69 Å². The van der Waals surface area contributed by atoms with Crippen LogP contribution in [0.15, 0.2) is 121 Å². The lowest BCUT2D eigenvalue weighted by molar-refractivity contribution is 0.102. The number of nitrogens with one attached hydrogen (secondary N) is 1. The van der Waals surface area contributed by atoms with Crippen LogP contribution in [0.1, 0.15) is 10.5 Å². The highest BCUT2D eigenvalue weighted by Gasteiger charge is 2.31. The molecule has 1 heterocycles. The lowest BCUT2D eigenvalue weighted by Gasteiger charge is -2.22. The van der Waals surface area contributed by atoms with Crippen molar-refractivity contribution in [2.24, 2.45) is 0 Å². The minimum absolute atomic E-state index is 0.289.